The van der Waals surface area contributed by atoms with Crippen molar-refractivity contribution in [1.29, 1.82) is 0 Å². The number of benzene rings is 1. The van der Waals surface area contributed by atoms with E-state index in [0.717, 1.165) is 36.0 Å². The van der Waals surface area contributed by atoms with Gasteiger partial charge in [-0.1, -0.05) is 26.0 Å². The molecule has 2 nitrogen and oxygen atoms in total. The number of thioether (sulfide) groups is 1. The van der Waals surface area contributed by atoms with Crippen LogP contribution in [0.5, 0.6) is 0 Å². The van der Waals surface area contributed by atoms with Crippen molar-refractivity contribution in [3.8, 4) is 10.6 Å². The van der Waals surface area contributed by atoms with E-state index in [-0.39, 0.29) is 0 Å². The Bertz CT molecular complexity index is 491. The molecule has 0 aliphatic carbocycles. The summed E-state index contributed by atoms with van der Waals surface area (Å²) in [5.74, 6) is 1.11. The van der Waals surface area contributed by atoms with Gasteiger partial charge in [0.2, 0.25) is 0 Å². The fourth-order valence-corrected chi connectivity index (χ4v) is 3.26. The summed E-state index contributed by atoms with van der Waals surface area (Å²) in [6.45, 7) is 6.27. The van der Waals surface area contributed by atoms with Crippen molar-refractivity contribution >= 4 is 23.1 Å². The Kier molecular flexibility index (Phi) is 5.89. The lowest BCUT2D eigenvalue weighted by Gasteiger charge is -2.00. The normalized spacial score (nSPS) is 10.8. The predicted octanol–water partition coefficient (Wildman–Crippen LogP) is 4.42. The highest BCUT2D eigenvalue weighted by molar-refractivity contribution is 7.99. The number of thiazole rings is 1. The lowest BCUT2D eigenvalue weighted by molar-refractivity contribution is 0.667. The molecule has 19 heavy (non-hydrogen) atoms. The zero-order valence-electron chi connectivity index (χ0n) is 11.5. The van der Waals surface area contributed by atoms with E-state index in [1.807, 2.05) is 11.8 Å². The molecular formula is C15H20N2S2. The van der Waals surface area contributed by atoms with Gasteiger partial charge in [0.1, 0.15) is 5.01 Å². The minimum atomic E-state index is 0.869. The quantitative estimate of drug-likeness (QED) is 0.604. The van der Waals surface area contributed by atoms with Crippen LogP contribution >= 0.6 is 23.1 Å². The van der Waals surface area contributed by atoms with Crippen molar-refractivity contribution in [3.63, 3.8) is 0 Å². The van der Waals surface area contributed by atoms with Crippen molar-refractivity contribution in [3.05, 3.63) is 35.3 Å². The van der Waals surface area contributed by atoms with E-state index in [4.69, 9.17) is 0 Å². The fourth-order valence-electron chi connectivity index (χ4n) is 1.77. The third-order valence-corrected chi connectivity index (χ3v) is 4.53. The summed E-state index contributed by atoms with van der Waals surface area (Å²) < 4.78 is 0. The maximum atomic E-state index is 4.68. The predicted molar refractivity (Wildman–Crippen MR) is 85.9 cm³/mol. The SMILES string of the molecule is CCCNCc1csc(-c2ccc(SCC)cc2)n1. The topological polar surface area (TPSA) is 24.9 Å². The van der Waals surface area contributed by atoms with Crippen molar-refractivity contribution in [2.75, 3.05) is 12.3 Å². The number of aromatic nitrogens is 1. The summed E-state index contributed by atoms with van der Waals surface area (Å²) in [5.41, 5.74) is 2.35. The molecule has 2 aromatic rings. The minimum absolute atomic E-state index is 0.869. The first-order chi connectivity index (χ1) is 9.33. The molecule has 0 bridgehead atoms. The van der Waals surface area contributed by atoms with Crippen molar-refractivity contribution in [1.82, 2.24) is 10.3 Å². The first-order valence-electron chi connectivity index (χ1n) is 6.71. The van der Waals surface area contributed by atoms with Crippen LogP contribution in [0.1, 0.15) is 26.0 Å². The molecule has 1 heterocycles. The van der Waals surface area contributed by atoms with Crippen LogP contribution in [0.25, 0.3) is 10.6 Å². The average Bonchev–Trinajstić information content (AvgIpc) is 2.89. The molecule has 0 amide bonds. The second kappa shape index (κ2) is 7.68. The molecule has 0 saturated carbocycles. The zero-order valence-corrected chi connectivity index (χ0v) is 13.1. The maximum absolute atomic E-state index is 4.68. The molecule has 0 fully saturated rings. The molecular weight excluding hydrogens is 272 g/mol. The summed E-state index contributed by atoms with van der Waals surface area (Å²) in [6, 6.07) is 8.69. The molecule has 1 aromatic heterocycles. The highest BCUT2D eigenvalue weighted by Gasteiger charge is 2.04. The van der Waals surface area contributed by atoms with Gasteiger partial charge in [0.15, 0.2) is 0 Å². The summed E-state index contributed by atoms with van der Waals surface area (Å²) >= 11 is 3.59. The van der Waals surface area contributed by atoms with Gasteiger partial charge >= 0.3 is 0 Å². The standard InChI is InChI=1S/C15H20N2S2/c1-3-9-16-10-13-11-19-15(17-13)12-5-7-14(8-6-12)18-4-2/h5-8,11,16H,3-4,9-10H2,1-2H3. The molecule has 2 rings (SSSR count). The Morgan fingerprint density at radius 3 is 2.68 bits per heavy atom. The average molecular weight is 292 g/mol. The molecule has 0 radical (unpaired) electrons. The number of nitrogens with zero attached hydrogens (tertiary/aromatic N) is 1. The molecule has 1 N–H and O–H groups in total. The molecule has 0 saturated heterocycles. The van der Waals surface area contributed by atoms with Crippen molar-refractivity contribution < 1.29 is 0 Å². The van der Waals surface area contributed by atoms with Gasteiger partial charge in [0.25, 0.3) is 0 Å². The van der Waals surface area contributed by atoms with Crippen LogP contribution in [-0.2, 0) is 6.54 Å². The van der Waals surface area contributed by atoms with Crippen LogP contribution in [0.4, 0.5) is 0 Å². The Balaban J connectivity index is 2.01. The van der Waals surface area contributed by atoms with Crippen molar-refractivity contribution in [2.45, 2.75) is 31.7 Å². The van der Waals surface area contributed by atoms with Gasteiger partial charge < -0.3 is 5.32 Å². The van der Waals surface area contributed by atoms with E-state index in [1.54, 1.807) is 11.3 Å². The van der Waals surface area contributed by atoms with Gasteiger partial charge in [-0.05, 0) is 30.9 Å². The zero-order chi connectivity index (χ0) is 13.5. The highest BCUT2D eigenvalue weighted by Crippen LogP contribution is 2.26. The maximum Gasteiger partial charge on any atom is 0.123 e. The molecule has 4 heteroatoms. The molecule has 1 aromatic carbocycles. The number of hydrogen-bond donors (Lipinski definition) is 1. The highest BCUT2D eigenvalue weighted by atomic mass is 32.2. The third-order valence-electron chi connectivity index (χ3n) is 2.70. The van der Waals surface area contributed by atoms with Crippen LogP contribution in [-0.4, -0.2) is 17.3 Å². The van der Waals surface area contributed by atoms with Crippen molar-refractivity contribution in [2.24, 2.45) is 0 Å². The van der Waals surface area contributed by atoms with Crippen LogP contribution in [0.2, 0.25) is 0 Å². The fraction of sp³-hybridized carbons (Fsp3) is 0.400. The first kappa shape index (κ1) is 14.6. The van der Waals surface area contributed by atoms with E-state index in [1.165, 1.54) is 10.5 Å². The van der Waals surface area contributed by atoms with Crippen LogP contribution in [0, 0.1) is 0 Å². The second-order valence-electron chi connectivity index (χ2n) is 4.28. The van der Waals surface area contributed by atoms with Gasteiger partial charge in [0, 0.05) is 22.4 Å². The summed E-state index contributed by atoms with van der Waals surface area (Å²) in [7, 11) is 0. The second-order valence-corrected chi connectivity index (χ2v) is 6.47. The number of nitrogens with one attached hydrogen (secondary N) is 1. The Morgan fingerprint density at radius 2 is 2.00 bits per heavy atom. The van der Waals surface area contributed by atoms with E-state index in [2.05, 4.69) is 53.8 Å². The number of hydrogen-bond acceptors (Lipinski definition) is 4. The van der Waals surface area contributed by atoms with Gasteiger partial charge in [-0.15, -0.1) is 23.1 Å². The van der Waals surface area contributed by atoms with Gasteiger partial charge in [0.05, 0.1) is 5.69 Å². The lowest BCUT2D eigenvalue weighted by Crippen LogP contribution is -2.13. The van der Waals surface area contributed by atoms with Crippen LogP contribution < -0.4 is 5.32 Å². The number of rotatable bonds is 7. The Morgan fingerprint density at radius 1 is 1.21 bits per heavy atom. The molecule has 0 spiro atoms. The van der Waals surface area contributed by atoms with E-state index < -0.39 is 0 Å². The Hall–Kier alpha value is -0.840. The van der Waals surface area contributed by atoms with Crippen LogP contribution in [0.3, 0.4) is 0 Å². The molecule has 0 aliphatic heterocycles. The Labute approximate surface area is 123 Å². The lowest BCUT2D eigenvalue weighted by atomic mass is 10.2. The van der Waals surface area contributed by atoms with E-state index >= 15 is 0 Å². The molecule has 0 unspecified atom stereocenters. The van der Waals surface area contributed by atoms with E-state index in [9.17, 15) is 0 Å². The minimum Gasteiger partial charge on any atom is -0.311 e. The third kappa shape index (κ3) is 4.34. The first-order valence-corrected chi connectivity index (χ1v) is 8.58. The van der Waals surface area contributed by atoms with E-state index in [0.29, 0.717) is 0 Å². The monoisotopic (exact) mass is 292 g/mol. The van der Waals surface area contributed by atoms with Gasteiger partial charge in [-0.2, -0.15) is 0 Å². The molecule has 0 atom stereocenters. The van der Waals surface area contributed by atoms with Crippen LogP contribution in [0.15, 0.2) is 34.5 Å². The summed E-state index contributed by atoms with van der Waals surface area (Å²) in [4.78, 5) is 6.00. The molecule has 0 aliphatic rings. The smallest absolute Gasteiger partial charge is 0.123 e. The summed E-state index contributed by atoms with van der Waals surface area (Å²) in [5, 5.41) is 6.64. The largest absolute Gasteiger partial charge is 0.311 e. The van der Waals surface area contributed by atoms with Gasteiger partial charge in [-0.3, -0.25) is 0 Å². The van der Waals surface area contributed by atoms with Gasteiger partial charge in [-0.25, -0.2) is 4.98 Å². The molecule has 102 valence electrons. The summed E-state index contributed by atoms with van der Waals surface area (Å²) in [6.07, 6.45) is 1.16.